The number of aliphatic carboxylic acids is 1. The number of nitrogens with one attached hydrogen (secondary N) is 1. The highest BCUT2D eigenvalue weighted by Crippen LogP contribution is 2.20. The zero-order valence-electron chi connectivity index (χ0n) is 9.69. The van der Waals surface area contributed by atoms with Crippen LogP contribution < -0.4 is 5.32 Å². The molecule has 1 atom stereocenters. The number of carboxylic acid groups (broad SMARTS) is 1. The molecule has 0 saturated carbocycles. The third-order valence-electron chi connectivity index (χ3n) is 2.43. The Bertz CT molecular complexity index is 434. The Balaban J connectivity index is 2.90. The lowest BCUT2D eigenvalue weighted by Gasteiger charge is -2.19. The van der Waals surface area contributed by atoms with Crippen LogP contribution in [0.25, 0.3) is 0 Å². The van der Waals surface area contributed by atoms with E-state index in [0.717, 1.165) is 6.92 Å². The zero-order valence-corrected chi connectivity index (χ0v) is 9.69. The molecule has 0 unspecified atom stereocenters. The van der Waals surface area contributed by atoms with E-state index in [0.29, 0.717) is 0 Å². The molecule has 98 valence electrons. The van der Waals surface area contributed by atoms with E-state index < -0.39 is 30.3 Å². The van der Waals surface area contributed by atoms with Crippen molar-refractivity contribution in [2.45, 2.75) is 25.3 Å². The summed E-state index contributed by atoms with van der Waals surface area (Å²) in [5.74, 6) is -6.54. The highest BCUT2D eigenvalue weighted by Gasteiger charge is 2.38. The van der Waals surface area contributed by atoms with Crippen molar-refractivity contribution in [2.24, 2.45) is 0 Å². The number of carbonyl (C=O) groups excluding carboxylic acids is 1. The zero-order chi connectivity index (χ0) is 13.8. The monoisotopic (exact) mass is 257 g/mol. The fourth-order valence-corrected chi connectivity index (χ4v) is 1.33. The summed E-state index contributed by atoms with van der Waals surface area (Å²) in [5.41, 5.74) is 0.241. The average molecular weight is 257 g/mol. The number of amides is 1. The van der Waals surface area contributed by atoms with Gasteiger partial charge >= 0.3 is 11.9 Å². The van der Waals surface area contributed by atoms with Gasteiger partial charge in [-0.15, -0.1) is 0 Å². The molecule has 0 spiro atoms. The topological polar surface area (TPSA) is 66.4 Å². The number of halogens is 2. The van der Waals surface area contributed by atoms with Crippen LogP contribution >= 0.6 is 0 Å². The predicted octanol–water partition coefficient (Wildman–Crippen LogP) is 1.97. The quantitative estimate of drug-likeness (QED) is 0.847. The number of benzene rings is 1. The highest BCUT2D eigenvalue weighted by atomic mass is 19.3. The van der Waals surface area contributed by atoms with E-state index in [1.54, 1.807) is 18.2 Å². The molecule has 1 rings (SSSR count). The summed E-state index contributed by atoms with van der Waals surface area (Å²) in [6.45, 7) is 1.15. The molecule has 1 aromatic rings. The van der Waals surface area contributed by atoms with Crippen LogP contribution in [0, 0.1) is 0 Å². The average Bonchev–Trinajstić information content (AvgIpc) is 2.36. The summed E-state index contributed by atoms with van der Waals surface area (Å²) in [5, 5.41) is 10.8. The Morgan fingerprint density at radius 2 is 1.89 bits per heavy atom. The van der Waals surface area contributed by atoms with E-state index in [-0.39, 0.29) is 5.56 Å². The first-order valence-electron chi connectivity index (χ1n) is 5.35. The minimum Gasteiger partial charge on any atom is -0.479 e. The second-order valence-corrected chi connectivity index (χ2v) is 3.71. The molecule has 0 radical (unpaired) electrons. The molecular weight excluding hydrogens is 244 g/mol. The second-order valence-electron chi connectivity index (χ2n) is 3.71. The summed E-state index contributed by atoms with van der Waals surface area (Å²) in [4.78, 5) is 22.3. The molecule has 0 heterocycles. The third kappa shape index (κ3) is 3.26. The van der Waals surface area contributed by atoms with E-state index >= 15 is 0 Å². The fourth-order valence-electron chi connectivity index (χ4n) is 1.33. The first-order chi connectivity index (χ1) is 8.38. The number of hydrogen-bond acceptors (Lipinski definition) is 2. The van der Waals surface area contributed by atoms with Gasteiger partial charge in [0.1, 0.15) is 0 Å². The predicted molar refractivity (Wildman–Crippen MR) is 60.2 cm³/mol. The van der Waals surface area contributed by atoms with Crippen molar-refractivity contribution in [2.75, 3.05) is 0 Å². The van der Waals surface area contributed by atoms with Gasteiger partial charge in [-0.3, -0.25) is 4.79 Å². The Morgan fingerprint density at radius 3 is 2.33 bits per heavy atom. The normalized spacial score (nSPS) is 12.8. The maximum absolute atomic E-state index is 13.1. The van der Waals surface area contributed by atoms with E-state index in [2.05, 4.69) is 0 Å². The lowest BCUT2D eigenvalue weighted by atomic mass is 10.1. The van der Waals surface area contributed by atoms with Crippen LogP contribution in [-0.4, -0.2) is 22.9 Å². The van der Waals surface area contributed by atoms with E-state index in [1.165, 1.54) is 12.1 Å². The minimum atomic E-state index is -3.57. The molecule has 0 bridgehead atoms. The maximum atomic E-state index is 13.1. The van der Waals surface area contributed by atoms with E-state index in [4.69, 9.17) is 5.11 Å². The van der Waals surface area contributed by atoms with Gasteiger partial charge in [-0.25, -0.2) is 4.79 Å². The van der Waals surface area contributed by atoms with Crippen molar-refractivity contribution in [3.8, 4) is 0 Å². The van der Waals surface area contributed by atoms with Crippen molar-refractivity contribution in [1.29, 1.82) is 0 Å². The molecular formula is C12H13F2NO3. The standard InChI is InChI=1S/C12H13F2NO3/c1-2-12(13,14)11(18)15-9(10(16)17)8-6-4-3-5-7-8/h3-7,9H,2H2,1H3,(H,15,18)(H,16,17)/t9-/m0/s1. The molecule has 1 amide bonds. The van der Waals surface area contributed by atoms with Gasteiger partial charge in [-0.2, -0.15) is 8.78 Å². The molecule has 0 aliphatic heterocycles. The summed E-state index contributed by atoms with van der Waals surface area (Å²) in [6.07, 6.45) is -0.681. The van der Waals surface area contributed by atoms with Crippen molar-refractivity contribution in [3.05, 3.63) is 35.9 Å². The SMILES string of the molecule is CCC(F)(F)C(=O)N[C@H](C(=O)O)c1ccccc1. The molecule has 0 aliphatic carbocycles. The molecule has 6 heteroatoms. The lowest BCUT2D eigenvalue weighted by molar-refractivity contribution is -0.151. The van der Waals surface area contributed by atoms with Gasteiger partial charge in [-0.1, -0.05) is 37.3 Å². The number of rotatable bonds is 5. The minimum absolute atomic E-state index is 0.241. The Hall–Kier alpha value is -1.98. The maximum Gasteiger partial charge on any atom is 0.330 e. The molecule has 0 saturated heterocycles. The van der Waals surface area contributed by atoms with Gasteiger partial charge < -0.3 is 10.4 Å². The summed E-state index contributed by atoms with van der Waals surface area (Å²) in [7, 11) is 0. The Morgan fingerprint density at radius 1 is 1.33 bits per heavy atom. The van der Waals surface area contributed by atoms with Crippen LogP contribution in [0.4, 0.5) is 8.78 Å². The van der Waals surface area contributed by atoms with Crippen molar-refractivity contribution < 1.29 is 23.5 Å². The smallest absolute Gasteiger partial charge is 0.330 e. The summed E-state index contributed by atoms with van der Waals surface area (Å²) >= 11 is 0. The molecule has 0 fully saturated rings. The molecule has 1 aromatic carbocycles. The number of carboxylic acids is 1. The van der Waals surface area contributed by atoms with E-state index in [9.17, 15) is 18.4 Å². The molecule has 0 aromatic heterocycles. The van der Waals surface area contributed by atoms with E-state index in [1.807, 2.05) is 5.32 Å². The van der Waals surface area contributed by atoms with Crippen LogP contribution in [0.3, 0.4) is 0 Å². The van der Waals surface area contributed by atoms with Gasteiger partial charge in [0, 0.05) is 6.42 Å². The molecule has 2 N–H and O–H groups in total. The summed E-state index contributed by atoms with van der Waals surface area (Å²) < 4.78 is 26.2. The second kappa shape index (κ2) is 5.57. The van der Waals surface area contributed by atoms with Crippen molar-refractivity contribution >= 4 is 11.9 Å². The third-order valence-corrected chi connectivity index (χ3v) is 2.43. The van der Waals surface area contributed by atoms with Gasteiger partial charge in [0.2, 0.25) is 0 Å². The van der Waals surface area contributed by atoms with Crippen LogP contribution in [0.2, 0.25) is 0 Å². The first kappa shape index (κ1) is 14.1. The lowest BCUT2D eigenvalue weighted by Crippen LogP contribution is -2.43. The van der Waals surface area contributed by atoms with Crippen LogP contribution in [0.1, 0.15) is 24.9 Å². The van der Waals surface area contributed by atoms with Crippen molar-refractivity contribution in [1.82, 2.24) is 5.32 Å². The largest absolute Gasteiger partial charge is 0.479 e. The van der Waals surface area contributed by atoms with Gasteiger partial charge in [-0.05, 0) is 5.56 Å². The first-order valence-corrected chi connectivity index (χ1v) is 5.35. The highest BCUT2D eigenvalue weighted by molar-refractivity contribution is 5.88. The van der Waals surface area contributed by atoms with Crippen LogP contribution in [0.5, 0.6) is 0 Å². The Kier molecular flexibility index (Phi) is 4.36. The van der Waals surface area contributed by atoms with Crippen LogP contribution in [0.15, 0.2) is 30.3 Å². The summed E-state index contributed by atoms with van der Waals surface area (Å²) in [6, 6.07) is 6.21. The van der Waals surface area contributed by atoms with Gasteiger partial charge in [0.15, 0.2) is 6.04 Å². The van der Waals surface area contributed by atoms with Crippen molar-refractivity contribution in [3.63, 3.8) is 0 Å². The fraction of sp³-hybridized carbons (Fsp3) is 0.333. The number of hydrogen-bond donors (Lipinski definition) is 2. The van der Waals surface area contributed by atoms with Crippen LogP contribution in [-0.2, 0) is 9.59 Å². The molecule has 18 heavy (non-hydrogen) atoms. The molecule has 4 nitrogen and oxygen atoms in total. The van der Waals surface area contributed by atoms with Gasteiger partial charge in [0.05, 0.1) is 0 Å². The Labute approximate surface area is 103 Å². The number of carbonyl (C=O) groups is 2. The number of alkyl halides is 2. The van der Waals surface area contributed by atoms with Gasteiger partial charge in [0.25, 0.3) is 5.91 Å². The molecule has 0 aliphatic rings.